The van der Waals surface area contributed by atoms with Crippen molar-refractivity contribution in [1.29, 1.82) is 0 Å². The van der Waals surface area contributed by atoms with Gasteiger partial charge in [0.05, 0.1) is 10.6 Å². The van der Waals surface area contributed by atoms with Crippen LogP contribution in [0.4, 0.5) is 5.69 Å². The van der Waals surface area contributed by atoms with Gasteiger partial charge in [0.1, 0.15) is 0 Å². The molecule has 0 atom stereocenters. The third kappa shape index (κ3) is 4.20. The summed E-state index contributed by atoms with van der Waals surface area (Å²) in [5.74, 6) is 0. The zero-order chi connectivity index (χ0) is 15.3. The molecule has 0 aliphatic heterocycles. The first-order chi connectivity index (χ1) is 10.0. The van der Waals surface area contributed by atoms with Gasteiger partial charge in [0, 0.05) is 11.6 Å². The molecule has 112 valence electrons. The van der Waals surface area contributed by atoms with Crippen molar-refractivity contribution in [2.45, 2.75) is 18.4 Å². The minimum Gasteiger partial charge on any atom is -0.313 e. The molecule has 6 heteroatoms. The van der Waals surface area contributed by atoms with E-state index in [1.165, 1.54) is 0 Å². The van der Waals surface area contributed by atoms with E-state index in [4.69, 9.17) is 11.6 Å². The Kier molecular flexibility index (Phi) is 5.22. The van der Waals surface area contributed by atoms with Gasteiger partial charge >= 0.3 is 0 Å². The molecule has 0 fully saturated rings. The van der Waals surface area contributed by atoms with Crippen molar-refractivity contribution in [2.24, 2.45) is 0 Å². The van der Waals surface area contributed by atoms with Crippen LogP contribution in [0.15, 0.2) is 53.4 Å². The monoisotopic (exact) mass is 324 g/mol. The zero-order valence-electron chi connectivity index (χ0n) is 11.6. The van der Waals surface area contributed by atoms with Gasteiger partial charge in [0.15, 0.2) is 0 Å². The van der Waals surface area contributed by atoms with E-state index in [9.17, 15) is 8.42 Å². The summed E-state index contributed by atoms with van der Waals surface area (Å²) in [6.45, 7) is 3.25. The zero-order valence-corrected chi connectivity index (χ0v) is 13.2. The molecule has 21 heavy (non-hydrogen) atoms. The molecular formula is C15H17ClN2O2S. The van der Waals surface area contributed by atoms with Gasteiger partial charge in [-0.15, -0.1) is 0 Å². The van der Waals surface area contributed by atoms with Crippen molar-refractivity contribution in [2.75, 3.05) is 11.3 Å². The normalized spacial score (nSPS) is 11.3. The molecule has 0 aliphatic carbocycles. The smallest absolute Gasteiger partial charge is 0.262 e. The fraction of sp³-hybridized carbons (Fsp3) is 0.200. The van der Waals surface area contributed by atoms with Crippen LogP contribution < -0.4 is 10.0 Å². The fourth-order valence-corrected chi connectivity index (χ4v) is 3.41. The van der Waals surface area contributed by atoms with Crippen molar-refractivity contribution in [1.82, 2.24) is 5.32 Å². The van der Waals surface area contributed by atoms with E-state index >= 15 is 0 Å². The molecule has 2 aromatic carbocycles. The van der Waals surface area contributed by atoms with Crippen molar-refractivity contribution in [3.8, 4) is 0 Å². The van der Waals surface area contributed by atoms with Crippen molar-refractivity contribution in [3.05, 3.63) is 59.1 Å². The SMILES string of the molecule is CCNCc1ccccc1S(=O)(=O)Nc1cccc(Cl)c1. The van der Waals surface area contributed by atoms with Crippen molar-refractivity contribution < 1.29 is 8.42 Å². The van der Waals surface area contributed by atoms with Crippen LogP contribution in [0.1, 0.15) is 12.5 Å². The Labute approximate surface area is 130 Å². The average molecular weight is 325 g/mol. The lowest BCUT2D eigenvalue weighted by Crippen LogP contribution is -2.18. The lowest BCUT2D eigenvalue weighted by molar-refractivity contribution is 0.598. The van der Waals surface area contributed by atoms with Gasteiger partial charge in [-0.1, -0.05) is 42.8 Å². The largest absolute Gasteiger partial charge is 0.313 e. The summed E-state index contributed by atoms with van der Waals surface area (Å²) >= 11 is 5.87. The van der Waals surface area contributed by atoms with Crippen LogP contribution in [0.5, 0.6) is 0 Å². The lowest BCUT2D eigenvalue weighted by atomic mass is 10.2. The molecule has 4 nitrogen and oxygen atoms in total. The third-order valence-corrected chi connectivity index (χ3v) is 4.62. The Hall–Kier alpha value is -1.56. The summed E-state index contributed by atoms with van der Waals surface area (Å²) in [6, 6.07) is 13.6. The first kappa shape index (κ1) is 15.8. The molecule has 0 heterocycles. The van der Waals surface area contributed by atoms with Gasteiger partial charge in [-0.3, -0.25) is 4.72 Å². The van der Waals surface area contributed by atoms with Gasteiger partial charge in [0.25, 0.3) is 10.0 Å². The number of hydrogen-bond donors (Lipinski definition) is 2. The highest BCUT2D eigenvalue weighted by molar-refractivity contribution is 7.92. The molecule has 2 rings (SSSR count). The first-order valence-corrected chi connectivity index (χ1v) is 8.46. The Morgan fingerprint density at radius 2 is 1.86 bits per heavy atom. The maximum Gasteiger partial charge on any atom is 0.262 e. The third-order valence-electron chi connectivity index (χ3n) is 2.90. The Bertz CT molecular complexity index is 717. The second-order valence-corrected chi connectivity index (χ2v) is 6.59. The van der Waals surface area contributed by atoms with Gasteiger partial charge in [-0.05, 0) is 36.4 Å². The first-order valence-electron chi connectivity index (χ1n) is 6.60. The predicted octanol–water partition coefficient (Wildman–Crippen LogP) is 3.25. The quantitative estimate of drug-likeness (QED) is 0.857. The molecule has 0 aliphatic rings. The number of benzene rings is 2. The summed E-state index contributed by atoms with van der Waals surface area (Å²) in [5.41, 5.74) is 1.18. The topological polar surface area (TPSA) is 58.2 Å². The summed E-state index contributed by atoms with van der Waals surface area (Å²) in [6.07, 6.45) is 0. The molecule has 2 aromatic rings. The molecule has 0 aromatic heterocycles. The highest BCUT2D eigenvalue weighted by atomic mass is 35.5. The van der Waals surface area contributed by atoms with Gasteiger partial charge in [-0.2, -0.15) is 0 Å². The van der Waals surface area contributed by atoms with E-state index in [1.54, 1.807) is 42.5 Å². The van der Waals surface area contributed by atoms with Crippen molar-refractivity contribution >= 4 is 27.3 Å². The standard InChI is InChI=1S/C15H17ClN2O2S/c1-2-17-11-12-6-3-4-9-15(12)21(19,20)18-14-8-5-7-13(16)10-14/h3-10,17-18H,2,11H2,1H3. The van der Waals surface area contributed by atoms with E-state index in [0.717, 1.165) is 12.1 Å². The van der Waals surface area contributed by atoms with E-state index in [-0.39, 0.29) is 4.90 Å². The number of halogens is 1. The average Bonchev–Trinajstić information content (AvgIpc) is 2.45. The van der Waals surface area contributed by atoms with E-state index in [0.29, 0.717) is 17.3 Å². The van der Waals surface area contributed by atoms with Gasteiger partial charge in [-0.25, -0.2) is 8.42 Å². The summed E-state index contributed by atoms with van der Waals surface area (Å²) in [7, 11) is -3.64. The summed E-state index contributed by atoms with van der Waals surface area (Å²) in [4.78, 5) is 0.269. The summed E-state index contributed by atoms with van der Waals surface area (Å²) < 4.78 is 27.6. The maximum atomic E-state index is 12.5. The van der Waals surface area contributed by atoms with Crippen molar-refractivity contribution in [3.63, 3.8) is 0 Å². The molecule has 0 unspecified atom stereocenters. The molecule has 0 amide bonds. The Morgan fingerprint density at radius 3 is 2.57 bits per heavy atom. The van der Waals surface area contributed by atoms with Crippen LogP contribution in [0, 0.1) is 0 Å². The fourth-order valence-electron chi connectivity index (χ4n) is 1.93. The molecular weight excluding hydrogens is 308 g/mol. The molecule has 0 spiro atoms. The van der Waals surface area contributed by atoms with Crippen LogP contribution in [-0.4, -0.2) is 15.0 Å². The Balaban J connectivity index is 2.31. The van der Waals surface area contributed by atoms with Crippen LogP contribution in [0.3, 0.4) is 0 Å². The van der Waals surface area contributed by atoms with Gasteiger partial charge < -0.3 is 5.32 Å². The lowest BCUT2D eigenvalue weighted by Gasteiger charge is -2.12. The molecule has 0 saturated heterocycles. The van der Waals surface area contributed by atoms with Gasteiger partial charge in [0.2, 0.25) is 0 Å². The predicted molar refractivity (Wildman–Crippen MR) is 86.1 cm³/mol. The highest BCUT2D eigenvalue weighted by Crippen LogP contribution is 2.21. The minimum absolute atomic E-state index is 0.269. The number of hydrogen-bond acceptors (Lipinski definition) is 3. The van der Waals surface area contributed by atoms with E-state index in [1.807, 2.05) is 13.0 Å². The molecule has 0 radical (unpaired) electrons. The molecule has 0 bridgehead atoms. The second-order valence-electron chi connectivity index (χ2n) is 4.50. The van der Waals surface area contributed by atoms with E-state index < -0.39 is 10.0 Å². The Morgan fingerprint density at radius 1 is 1.10 bits per heavy atom. The number of nitrogens with one attached hydrogen (secondary N) is 2. The number of anilines is 1. The molecule has 0 saturated carbocycles. The number of sulfonamides is 1. The van der Waals surface area contributed by atoms with Crippen LogP contribution in [0.2, 0.25) is 5.02 Å². The second kappa shape index (κ2) is 6.93. The van der Waals surface area contributed by atoms with Crippen LogP contribution in [-0.2, 0) is 16.6 Å². The van der Waals surface area contributed by atoms with Crippen LogP contribution in [0.25, 0.3) is 0 Å². The highest BCUT2D eigenvalue weighted by Gasteiger charge is 2.18. The minimum atomic E-state index is -3.64. The summed E-state index contributed by atoms with van der Waals surface area (Å²) in [5, 5.41) is 3.62. The molecule has 2 N–H and O–H groups in total. The van der Waals surface area contributed by atoms with Crippen LogP contribution >= 0.6 is 11.6 Å². The number of rotatable bonds is 6. The van der Waals surface area contributed by atoms with E-state index in [2.05, 4.69) is 10.0 Å². The maximum absolute atomic E-state index is 12.5.